The van der Waals surface area contributed by atoms with E-state index < -0.39 is 0 Å². The number of nitrogens with one attached hydrogen (secondary N) is 1. The third kappa shape index (κ3) is 4.16. The maximum Gasteiger partial charge on any atom is 0.189 e. The Balaban J connectivity index is 1.95. The van der Waals surface area contributed by atoms with Crippen LogP contribution in [0, 0.1) is 6.92 Å². The molecule has 1 aromatic heterocycles. The minimum absolute atomic E-state index is 0.353. The molecule has 0 saturated carbocycles. The molecule has 2 heterocycles. The molecule has 108 valence electrons. The summed E-state index contributed by atoms with van der Waals surface area (Å²) in [5.41, 5.74) is 10.4. The minimum Gasteiger partial charge on any atom is -0.380 e. The van der Waals surface area contributed by atoms with E-state index in [0.29, 0.717) is 16.6 Å². The average Bonchev–Trinajstić information content (AvgIpc) is 2.73. The molecule has 1 aliphatic rings. The van der Waals surface area contributed by atoms with E-state index in [1.807, 2.05) is 25.1 Å². The van der Waals surface area contributed by atoms with Gasteiger partial charge < -0.3 is 10.6 Å². The number of likely N-dealkylation sites (tertiary alicyclic amines) is 1. The van der Waals surface area contributed by atoms with E-state index in [2.05, 4.69) is 20.4 Å². The van der Waals surface area contributed by atoms with Crippen molar-refractivity contribution in [2.24, 2.45) is 10.8 Å². The van der Waals surface area contributed by atoms with Crippen LogP contribution < -0.4 is 11.2 Å². The molecule has 0 spiro atoms. The van der Waals surface area contributed by atoms with E-state index in [4.69, 9.17) is 18.0 Å². The van der Waals surface area contributed by atoms with Crippen molar-refractivity contribution >= 4 is 23.2 Å². The van der Waals surface area contributed by atoms with Gasteiger partial charge in [-0.25, -0.2) is 4.98 Å². The summed E-state index contributed by atoms with van der Waals surface area (Å²) in [5.74, 6) is 0.353. The van der Waals surface area contributed by atoms with E-state index in [-0.39, 0.29) is 0 Å². The molecule has 1 fully saturated rings. The Labute approximate surface area is 125 Å². The Morgan fingerprint density at radius 3 is 2.65 bits per heavy atom. The van der Waals surface area contributed by atoms with Crippen molar-refractivity contribution in [3.8, 4) is 0 Å². The Morgan fingerprint density at radius 2 is 2.00 bits per heavy atom. The number of hydrogen-bond acceptors (Lipinski definition) is 3. The van der Waals surface area contributed by atoms with Crippen LogP contribution in [0.15, 0.2) is 23.3 Å². The monoisotopic (exact) mass is 291 g/mol. The molecule has 5 nitrogen and oxygen atoms in total. The van der Waals surface area contributed by atoms with Gasteiger partial charge in [0.25, 0.3) is 0 Å². The van der Waals surface area contributed by atoms with Crippen LogP contribution in [0.25, 0.3) is 0 Å². The number of nitrogens with zero attached hydrogens (tertiary/aromatic N) is 3. The lowest BCUT2D eigenvalue weighted by atomic mass is 10.2. The maximum absolute atomic E-state index is 5.92. The molecule has 1 aliphatic heterocycles. The standard InChI is InChI=1S/C14H21N5S/c1-11-7-6-8-12(16-11)13(15)17-18-14(20)19-9-4-2-3-5-10-19/h6-8H,2-5,9-10H2,1H3,(H2,15,17)(H,18,20). The Bertz CT molecular complexity index is 492. The largest absolute Gasteiger partial charge is 0.380 e. The van der Waals surface area contributed by atoms with Crippen LogP contribution in [-0.4, -0.2) is 33.9 Å². The zero-order valence-electron chi connectivity index (χ0n) is 11.8. The number of hydrazone groups is 1. The van der Waals surface area contributed by atoms with Gasteiger partial charge in [0.05, 0.1) is 0 Å². The fourth-order valence-corrected chi connectivity index (χ4v) is 2.42. The van der Waals surface area contributed by atoms with Gasteiger partial charge in [0.1, 0.15) is 5.69 Å². The van der Waals surface area contributed by atoms with Crippen molar-refractivity contribution in [3.05, 3.63) is 29.6 Å². The van der Waals surface area contributed by atoms with Crippen molar-refractivity contribution in [2.45, 2.75) is 32.6 Å². The number of aromatic nitrogens is 1. The Hall–Kier alpha value is -1.69. The first-order valence-corrected chi connectivity index (χ1v) is 7.40. The first-order valence-electron chi connectivity index (χ1n) is 6.99. The lowest BCUT2D eigenvalue weighted by Crippen LogP contribution is -2.39. The summed E-state index contributed by atoms with van der Waals surface area (Å²) < 4.78 is 0. The molecule has 2 rings (SSSR count). The summed E-state index contributed by atoms with van der Waals surface area (Å²) in [6.45, 7) is 3.90. The van der Waals surface area contributed by atoms with Crippen LogP contribution in [-0.2, 0) is 0 Å². The first kappa shape index (κ1) is 14.7. The third-order valence-electron chi connectivity index (χ3n) is 3.32. The van der Waals surface area contributed by atoms with E-state index in [1.54, 1.807) is 0 Å². The molecular weight excluding hydrogens is 270 g/mol. The van der Waals surface area contributed by atoms with Gasteiger partial charge in [-0.15, -0.1) is 0 Å². The second-order valence-corrected chi connectivity index (χ2v) is 5.37. The van der Waals surface area contributed by atoms with Crippen LogP contribution in [0.5, 0.6) is 0 Å². The molecule has 1 aromatic rings. The number of rotatable bonds is 2. The molecule has 20 heavy (non-hydrogen) atoms. The van der Waals surface area contributed by atoms with E-state index in [1.165, 1.54) is 25.7 Å². The molecule has 0 unspecified atom stereocenters. The van der Waals surface area contributed by atoms with Crippen molar-refractivity contribution in [3.63, 3.8) is 0 Å². The molecule has 3 N–H and O–H groups in total. The predicted octanol–water partition coefficient (Wildman–Crippen LogP) is 1.76. The van der Waals surface area contributed by atoms with Crippen LogP contribution in [0.2, 0.25) is 0 Å². The van der Waals surface area contributed by atoms with E-state index in [0.717, 1.165) is 18.8 Å². The summed E-state index contributed by atoms with van der Waals surface area (Å²) in [4.78, 5) is 6.48. The molecule has 0 aliphatic carbocycles. The summed E-state index contributed by atoms with van der Waals surface area (Å²) in [7, 11) is 0. The topological polar surface area (TPSA) is 66.5 Å². The zero-order valence-corrected chi connectivity index (χ0v) is 12.6. The van der Waals surface area contributed by atoms with Gasteiger partial charge in [0.2, 0.25) is 0 Å². The molecule has 0 atom stereocenters. The van der Waals surface area contributed by atoms with Crippen LogP contribution in [0.1, 0.15) is 37.1 Å². The summed E-state index contributed by atoms with van der Waals surface area (Å²) in [5, 5.41) is 4.78. The number of nitrogens with two attached hydrogens (primary N) is 1. The maximum atomic E-state index is 5.92. The molecule has 0 aromatic carbocycles. The van der Waals surface area contributed by atoms with Crippen LogP contribution >= 0.6 is 12.2 Å². The highest BCUT2D eigenvalue weighted by Gasteiger charge is 2.11. The Kier molecular flexibility index (Phi) is 5.29. The average molecular weight is 291 g/mol. The van der Waals surface area contributed by atoms with Crippen molar-refractivity contribution < 1.29 is 0 Å². The smallest absolute Gasteiger partial charge is 0.189 e. The van der Waals surface area contributed by atoms with Gasteiger partial charge in [-0.1, -0.05) is 18.9 Å². The summed E-state index contributed by atoms with van der Waals surface area (Å²) in [6.07, 6.45) is 4.91. The molecule has 0 bridgehead atoms. The van der Waals surface area contributed by atoms with Gasteiger partial charge in [-0.3, -0.25) is 5.43 Å². The lowest BCUT2D eigenvalue weighted by Gasteiger charge is -2.22. The molecular formula is C14H21N5S. The van der Waals surface area contributed by atoms with Crippen molar-refractivity contribution in [1.29, 1.82) is 0 Å². The van der Waals surface area contributed by atoms with Crippen LogP contribution in [0.4, 0.5) is 0 Å². The van der Waals surface area contributed by atoms with Gasteiger partial charge in [0, 0.05) is 18.8 Å². The normalized spacial score (nSPS) is 16.6. The second-order valence-electron chi connectivity index (χ2n) is 4.98. The quantitative estimate of drug-likeness (QED) is 0.376. The number of pyridine rings is 1. The number of aryl methyl sites for hydroxylation is 1. The highest BCUT2D eigenvalue weighted by atomic mass is 32.1. The van der Waals surface area contributed by atoms with Gasteiger partial charge >= 0.3 is 0 Å². The molecule has 0 amide bonds. The summed E-state index contributed by atoms with van der Waals surface area (Å²) >= 11 is 5.36. The summed E-state index contributed by atoms with van der Waals surface area (Å²) in [6, 6.07) is 5.67. The highest BCUT2D eigenvalue weighted by molar-refractivity contribution is 7.80. The minimum atomic E-state index is 0.353. The third-order valence-corrected chi connectivity index (χ3v) is 3.67. The number of thiocarbonyl (C=S) groups is 1. The van der Waals surface area contributed by atoms with Gasteiger partial charge in [-0.05, 0) is 44.1 Å². The molecule has 0 radical (unpaired) electrons. The number of hydrogen-bond donors (Lipinski definition) is 2. The lowest BCUT2D eigenvalue weighted by molar-refractivity contribution is 0.428. The predicted molar refractivity (Wildman–Crippen MR) is 85.5 cm³/mol. The second kappa shape index (κ2) is 7.19. The zero-order chi connectivity index (χ0) is 14.4. The fraction of sp³-hybridized carbons (Fsp3) is 0.500. The Morgan fingerprint density at radius 1 is 1.30 bits per heavy atom. The van der Waals surface area contributed by atoms with E-state index >= 15 is 0 Å². The van der Waals surface area contributed by atoms with Crippen molar-refractivity contribution in [2.75, 3.05) is 13.1 Å². The fourth-order valence-electron chi connectivity index (χ4n) is 2.20. The molecule has 6 heteroatoms. The van der Waals surface area contributed by atoms with Gasteiger partial charge in [-0.2, -0.15) is 5.10 Å². The van der Waals surface area contributed by atoms with Crippen LogP contribution in [0.3, 0.4) is 0 Å². The van der Waals surface area contributed by atoms with Crippen molar-refractivity contribution in [1.82, 2.24) is 15.3 Å². The SMILES string of the molecule is Cc1cccc(/C(N)=N/NC(=S)N2CCCCCC2)n1. The first-order chi connectivity index (χ1) is 9.66. The number of amidine groups is 1. The van der Waals surface area contributed by atoms with Gasteiger partial charge in [0.15, 0.2) is 10.9 Å². The molecule has 1 saturated heterocycles. The van der Waals surface area contributed by atoms with E-state index in [9.17, 15) is 0 Å². The highest BCUT2D eigenvalue weighted by Crippen LogP contribution is 2.09.